The van der Waals surface area contributed by atoms with Gasteiger partial charge < -0.3 is 4.98 Å². The summed E-state index contributed by atoms with van der Waals surface area (Å²) < 4.78 is 0. The highest BCUT2D eigenvalue weighted by Gasteiger charge is 2.09. The van der Waals surface area contributed by atoms with Gasteiger partial charge in [-0.25, -0.2) is 0 Å². The molecule has 3 nitrogen and oxygen atoms in total. The van der Waals surface area contributed by atoms with Gasteiger partial charge in [-0.3, -0.25) is 4.79 Å². The number of thiophene rings is 1. The Morgan fingerprint density at radius 3 is 3.00 bits per heavy atom. The van der Waals surface area contributed by atoms with Crippen molar-refractivity contribution in [3.05, 3.63) is 31.7 Å². The topological polar surface area (TPSA) is 56.6 Å². The largest absolute Gasteiger partial charge is 0.320 e. The number of aromatic amines is 1. The van der Waals surface area contributed by atoms with Gasteiger partial charge in [-0.05, 0) is 0 Å². The first-order valence-electron chi connectivity index (χ1n) is 3.42. The van der Waals surface area contributed by atoms with Crippen molar-refractivity contribution in [3.63, 3.8) is 0 Å². The molecule has 1 N–H and O–H groups in total. The highest BCUT2D eigenvalue weighted by molar-refractivity contribution is 7.09. The molecule has 64 valence electrons. The van der Waals surface area contributed by atoms with Crippen molar-refractivity contribution in [1.82, 2.24) is 4.98 Å². The third-order valence-corrected chi connectivity index (χ3v) is 2.84. The van der Waals surface area contributed by atoms with Gasteiger partial charge in [0.15, 0.2) is 0 Å². The number of H-pyrrole nitrogens is 1. The van der Waals surface area contributed by atoms with E-state index < -0.39 is 5.56 Å². The summed E-state index contributed by atoms with van der Waals surface area (Å²) in [5, 5.41) is 13.2. The summed E-state index contributed by atoms with van der Waals surface area (Å²) in [5.74, 6) is 0. The van der Waals surface area contributed by atoms with Gasteiger partial charge in [0, 0.05) is 16.1 Å². The summed E-state index contributed by atoms with van der Waals surface area (Å²) in [6.07, 6.45) is 0. The fraction of sp³-hybridized carbons (Fsp3) is 0. The molecule has 0 fully saturated rings. The van der Waals surface area contributed by atoms with Crippen LogP contribution in [0.5, 0.6) is 0 Å². The Balaban J connectivity index is 3.04. The monoisotopic (exact) mass is 210 g/mol. The molecule has 2 aromatic heterocycles. The van der Waals surface area contributed by atoms with Crippen molar-refractivity contribution in [1.29, 1.82) is 5.26 Å². The Morgan fingerprint density at radius 2 is 2.31 bits per heavy atom. The minimum absolute atomic E-state index is 0.0208. The van der Waals surface area contributed by atoms with E-state index in [0.29, 0.717) is 5.52 Å². The third kappa shape index (κ3) is 1.13. The molecule has 0 unspecified atom stereocenters. The number of rotatable bonds is 0. The number of aromatic nitrogens is 1. The van der Waals surface area contributed by atoms with E-state index in [-0.39, 0.29) is 10.6 Å². The Bertz CT molecular complexity index is 564. The molecule has 0 atom stereocenters. The fourth-order valence-corrected chi connectivity index (χ4v) is 2.20. The van der Waals surface area contributed by atoms with Gasteiger partial charge >= 0.3 is 0 Å². The van der Waals surface area contributed by atoms with E-state index in [0.717, 1.165) is 5.39 Å². The molecular weight excluding hydrogens is 208 g/mol. The first-order valence-corrected chi connectivity index (χ1v) is 4.74. The van der Waals surface area contributed by atoms with Gasteiger partial charge in [0.05, 0.1) is 10.5 Å². The number of nitriles is 1. The van der Waals surface area contributed by atoms with Gasteiger partial charge in [0.2, 0.25) is 0 Å². The van der Waals surface area contributed by atoms with E-state index in [2.05, 4.69) is 4.98 Å². The van der Waals surface area contributed by atoms with E-state index in [4.69, 9.17) is 16.9 Å². The minimum Gasteiger partial charge on any atom is -0.320 e. The van der Waals surface area contributed by atoms with E-state index in [9.17, 15) is 4.79 Å². The fourth-order valence-electron chi connectivity index (χ4n) is 1.08. The normalized spacial score (nSPS) is 10.2. The summed E-state index contributed by atoms with van der Waals surface area (Å²) in [6, 6.07) is 1.77. The van der Waals surface area contributed by atoms with E-state index >= 15 is 0 Å². The predicted molar refractivity (Wildman–Crippen MR) is 52.2 cm³/mol. The molecule has 0 aliphatic heterocycles. The van der Waals surface area contributed by atoms with E-state index in [1.807, 2.05) is 0 Å². The van der Waals surface area contributed by atoms with Crippen LogP contribution in [0.3, 0.4) is 0 Å². The maximum absolute atomic E-state index is 11.2. The lowest BCUT2D eigenvalue weighted by molar-refractivity contribution is 1.28. The molecular formula is C8H3ClN2OS. The average Bonchev–Trinajstić information content (AvgIpc) is 2.53. The molecule has 2 heterocycles. The van der Waals surface area contributed by atoms with Crippen LogP contribution in [-0.2, 0) is 0 Å². The van der Waals surface area contributed by atoms with Gasteiger partial charge in [-0.2, -0.15) is 5.26 Å². The Kier molecular flexibility index (Phi) is 1.83. The maximum Gasteiger partial charge on any atom is 0.267 e. The average molecular weight is 211 g/mol. The number of halogens is 1. The number of hydrogen-bond acceptors (Lipinski definition) is 3. The van der Waals surface area contributed by atoms with Crippen molar-refractivity contribution in [2.75, 3.05) is 0 Å². The van der Waals surface area contributed by atoms with Crippen LogP contribution >= 0.6 is 22.9 Å². The molecule has 2 aromatic rings. The third-order valence-electron chi connectivity index (χ3n) is 1.70. The summed E-state index contributed by atoms with van der Waals surface area (Å²) in [5.41, 5.74) is 0.227. The Hall–Kier alpha value is -1.31. The second-order valence-electron chi connectivity index (χ2n) is 2.45. The molecule has 0 saturated heterocycles. The number of nitrogens with zero attached hydrogens (tertiary/aromatic N) is 1. The van der Waals surface area contributed by atoms with Crippen LogP contribution in [0.4, 0.5) is 0 Å². The van der Waals surface area contributed by atoms with Crippen molar-refractivity contribution >= 4 is 33.8 Å². The molecule has 5 heteroatoms. The lowest BCUT2D eigenvalue weighted by atomic mass is 10.2. The molecule has 0 spiro atoms. The molecule has 13 heavy (non-hydrogen) atoms. The zero-order valence-corrected chi connectivity index (χ0v) is 7.87. The Morgan fingerprint density at radius 1 is 1.54 bits per heavy atom. The number of pyridine rings is 1. The number of hydrogen-bond donors (Lipinski definition) is 1. The van der Waals surface area contributed by atoms with Gasteiger partial charge in [-0.1, -0.05) is 11.6 Å². The summed E-state index contributed by atoms with van der Waals surface area (Å²) >= 11 is 7.28. The standard InChI is InChI=1S/C8H3ClN2OS/c9-7-4(1-10)8(12)11-6-3-13-2-5(6)7/h2-3H,(H,11,12). The van der Waals surface area contributed by atoms with Crippen molar-refractivity contribution in [2.45, 2.75) is 0 Å². The minimum atomic E-state index is -0.432. The molecule has 0 aliphatic rings. The molecule has 0 aliphatic carbocycles. The highest BCUT2D eigenvalue weighted by Crippen LogP contribution is 2.25. The van der Waals surface area contributed by atoms with Crippen LogP contribution in [0.2, 0.25) is 5.02 Å². The van der Waals surface area contributed by atoms with Crippen LogP contribution in [0.25, 0.3) is 10.9 Å². The first kappa shape index (κ1) is 8.30. The number of nitrogens with one attached hydrogen (secondary N) is 1. The molecule has 0 amide bonds. The molecule has 2 rings (SSSR count). The molecule has 0 bridgehead atoms. The quantitative estimate of drug-likeness (QED) is 0.724. The smallest absolute Gasteiger partial charge is 0.267 e. The van der Waals surface area contributed by atoms with Crippen LogP contribution in [0.15, 0.2) is 15.6 Å². The van der Waals surface area contributed by atoms with Crippen LogP contribution in [0, 0.1) is 11.3 Å². The first-order chi connectivity index (χ1) is 6.24. The highest BCUT2D eigenvalue weighted by atomic mass is 35.5. The zero-order valence-electron chi connectivity index (χ0n) is 6.30. The van der Waals surface area contributed by atoms with Crippen molar-refractivity contribution in [3.8, 4) is 6.07 Å². The van der Waals surface area contributed by atoms with Gasteiger partial charge in [0.25, 0.3) is 5.56 Å². The lowest BCUT2D eigenvalue weighted by Gasteiger charge is -1.95. The zero-order chi connectivity index (χ0) is 9.42. The van der Waals surface area contributed by atoms with Gasteiger partial charge in [-0.15, -0.1) is 11.3 Å². The second kappa shape index (κ2) is 2.87. The second-order valence-corrected chi connectivity index (χ2v) is 3.58. The van der Waals surface area contributed by atoms with Crippen molar-refractivity contribution in [2.24, 2.45) is 0 Å². The summed E-state index contributed by atoms with van der Waals surface area (Å²) in [7, 11) is 0. The van der Waals surface area contributed by atoms with E-state index in [1.54, 1.807) is 16.8 Å². The van der Waals surface area contributed by atoms with Gasteiger partial charge in [0.1, 0.15) is 11.6 Å². The SMILES string of the molecule is N#Cc1c(Cl)c2cscc2[nH]c1=O. The summed E-state index contributed by atoms with van der Waals surface area (Å²) in [4.78, 5) is 13.8. The Labute approximate surface area is 82.2 Å². The summed E-state index contributed by atoms with van der Waals surface area (Å²) in [6.45, 7) is 0. The molecule has 0 radical (unpaired) electrons. The van der Waals surface area contributed by atoms with E-state index in [1.165, 1.54) is 11.3 Å². The van der Waals surface area contributed by atoms with Crippen LogP contribution in [0.1, 0.15) is 5.56 Å². The van der Waals surface area contributed by atoms with Crippen molar-refractivity contribution < 1.29 is 0 Å². The molecule has 0 aromatic carbocycles. The predicted octanol–water partition coefficient (Wildman–Crippen LogP) is 2.11. The lowest BCUT2D eigenvalue weighted by Crippen LogP contribution is -2.09. The number of fused-ring (bicyclic) bond motifs is 1. The van der Waals surface area contributed by atoms with Crippen LogP contribution in [-0.4, -0.2) is 4.98 Å². The maximum atomic E-state index is 11.2. The molecule has 0 saturated carbocycles. The van der Waals surface area contributed by atoms with Crippen LogP contribution < -0.4 is 5.56 Å².